The molecule has 0 aliphatic carbocycles. The molecule has 0 bridgehead atoms. The van der Waals surface area contributed by atoms with Crippen molar-refractivity contribution in [1.29, 1.82) is 0 Å². The number of nitrogen functional groups attached to an aromatic ring is 1. The van der Waals surface area contributed by atoms with E-state index in [4.69, 9.17) is 5.73 Å². The van der Waals surface area contributed by atoms with Gasteiger partial charge in [-0.2, -0.15) is 0 Å². The number of hydrogen-bond donors (Lipinski definition) is 3. The summed E-state index contributed by atoms with van der Waals surface area (Å²) in [5, 5.41) is 5.17. The van der Waals surface area contributed by atoms with Crippen LogP contribution in [0.25, 0.3) is 0 Å². The van der Waals surface area contributed by atoms with Gasteiger partial charge in [-0.25, -0.2) is 9.97 Å². The van der Waals surface area contributed by atoms with Gasteiger partial charge in [0.1, 0.15) is 5.69 Å². The Morgan fingerprint density at radius 1 is 1.53 bits per heavy atom. The Bertz CT molecular complexity index is 601. The van der Waals surface area contributed by atoms with Crippen molar-refractivity contribution in [3.05, 3.63) is 39.5 Å². The zero-order valence-corrected chi connectivity index (χ0v) is 10.9. The van der Waals surface area contributed by atoms with Gasteiger partial charge in [0, 0.05) is 18.1 Å². The van der Waals surface area contributed by atoms with Crippen LogP contribution in [0.5, 0.6) is 0 Å². The highest BCUT2D eigenvalue weighted by molar-refractivity contribution is 7.13. The number of aryl methyl sites for hydroxylation is 1. The predicted octanol–water partition coefficient (Wildman–Crippen LogP) is 0.171. The minimum Gasteiger partial charge on any atom is -0.375 e. The summed E-state index contributed by atoms with van der Waals surface area (Å²) in [5.74, 6) is -0.311. The number of anilines is 1. The highest BCUT2D eigenvalue weighted by atomic mass is 32.1. The topological polar surface area (TPSA) is 114 Å². The summed E-state index contributed by atoms with van der Waals surface area (Å²) in [6.45, 7) is 0.511. The van der Waals surface area contributed by atoms with Crippen LogP contribution in [0.15, 0.2) is 22.6 Å². The maximum atomic E-state index is 11.6. The Hall–Kier alpha value is -2.22. The fourth-order valence-electron chi connectivity index (χ4n) is 1.47. The lowest BCUT2D eigenvalue weighted by atomic mass is 10.2. The van der Waals surface area contributed by atoms with Crippen molar-refractivity contribution < 1.29 is 4.79 Å². The van der Waals surface area contributed by atoms with Gasteiger partial charge in [-0.05, 0) is 12.8 Å². The number of H-pyrrole nitrogens is 1. The van der Waals surface area contributed by atoms with E-state index in [0.717, 1.165) is 24.7 Å². The summed E-state index contributed by atoms with van der Waals surface area (Å²) in [6, 6.07) is 0. The highest BCUT2D eigenvalue weighted by Crippen LogP contribution is 2.12. The number of carbonyl (C=O) groups is 1. The molecule has 2 rings (SSSR count). The van der Waals surface area contributed by atoms with Crippen molar-refractivity contribution in [3.63, 3.8) is 0 Å². The normalized spacial score (nSPS) is 10.3. The van der Waals surface area contributed by atoms with E-state index in [2.05, 4.69) is 20.3 Å². The average molecular weight is 279 g/mol. The van der Waals surface area contributed by atoms with E-state index in [9.17, 15) is 9.59 Å². The molecule has 2 aromatic heterocycles. The number of amides is 1. The summed E-state index contributed by atoms with van der Waals surface area (Å²) in [4.78, 5) is 32.7. The molecule has 2 heterocycles. The molecule has 0 aliphatic rings. The number of carbonyl (C=O) groups excluding carboxylic acids is 1. The van der Waals surface area contributed by atoms with E-state index in [1.165, 1.54) is 17.5 Å². The quantitative estimate of drug-likeness (QED) is 0.675. The SMILES string of the molecule is Nc1nc(CCCNC(=O)c2c[nH]c(=O)cn2)cs1. The standard InChI is InChI=1S/C11H13N5O2S/c12-11-16-7(6-19-11)2-1-3-13-10(18)8-4-15-9(17)5-14-8/h4-6H,1-3H2,(H2,12,16)(H,13,18)(H,15,17). The third-order valence-electron chi connectivity index (χ3n) is 2.37. The van der Waals surface area contributed by atoms with E-state index in [1.807, 2.05) is 5.38 Å². The minimum atomic E-state index is -0.335. The van der Waals surface area contributed by atoms with Gasteiger partial charge in [-0.3, -0.25) is 9.59 Å². The van der Waals surface area contributed by atoms with Crippen molar-refractivity contribution in [1.82, 2.24) is 20.3 Å². The number of nitrogens with one attached hydrogen (secondary N) is 2. The summed E-state index contributed by atoms with van der Waals surface area (Å²) < 4.78 is 0. The largest absolute Gasteiger partial charge is 0.375 e. The van der Waals surface area contributed by atoms with Gasteiger partial charge < -0.3 is 16.0 Å². The van der Waals surface area contributed by atoms with Gasteiger partial charge in [-0.15, -0.1) is 11.3 Å². The number of nitrogens with two attached hydrogens (primary N) is 1. The molecule has 0 saturated heterocycles. The monoisotopic (exact) mass is 279 g/mol. The Morgan fingerprint density at radius 3 is 3.00 bits per heavy atom. The first kappa shape index (κ1) is 13.2. The third-order valence-corrected chi connectivity index (χ3v) is 3.09. The van der Waals surface area contributed by atoms with Crippen molar-refractivity contribution in [3.8, 4) is 0 Å². The summed E-state index contributed by atoms with van der Waals surface area (Å²) >= 11 is 1.40. The van der Waals surface area contributed by atoms with E-state index in [-0.39, 0.29) is 17.2 Å². The van der Waals surface area contributed by atoms with Gasteiger partial charge in [0.15, 0.2) is 5.13 Å². The van der Waals surface area contributed by atoms with Crippen LogP contribution in [0.3, 0.4) is 0 Å². The van der Waals surface area contributed by atoms with Crippen LogP contribution in [0.1, 0.15) is 22.6 Å². The lowest BCUT2D eigenvalue weighted by molar-refractivity contribution is 0.0947. The minimum absolute atomic E-state index is 0.192. The highest BCUT2D eigenvalue weighted by Gasteiger charge is 2.06. The van der Waals surface area contributed by atoms with E-state index in [1.54, 1.807) is 0 Å². The number of aromatic nitrogens is 3. The smallest absolute Gasteiger partial charge is 0.271 e. The van der Waals surface area contributed by atoms with Gasteiger partial charge in [0.2, 0.25) is 0 Å². The Balaban J connectivity index is 1.75. The van der Waals surface area contributed by atoms with Crippen LogP contribution < -0.4 is 16.6 Å². The molecule has 7 nitrogen and oxygen atoms in total. The molecule has 8 heteroatoms. The number of rotatable bonds is 5. The first-order valence-corrected chi connectivity index (χ1v) is 6.56. The van der Waals surface area contributed by atoms with Crippen LogP contribution in [0.2, 0.25) is 0 Å². The van der Waals surface area contributed by atoms with Crippen molar-refractivity contribution >= 4 is 22.4 Å². The summed E-state index contributed by atoms with van der Waals surface area (Å²) in [6.07, 6.45) is 3.89. The second-order valence-electron chi connectivity index (χ2n) is 3.83. The van der Waals surface area contributed by atoms with Crippen molar-refractivity contribution in [2.75, 3.05) is 12.3 Å². The molecule has 0 aliphatic heterocycles. The molecule has 0 spiro atoms. The van der Waals surface area contributed by atoms with Gasteiger partial charge in [0.25, 0.3) is 11.5 Å². The lowest BCUT2D eigenvalue weighted by Gasteiger charge is -2.03. The molecule has 100 valence electrons. The zero-order valence-electron chi connectivity index (χ0n) is 10.0. The summed E-state index contributed by atoms with van der Waals surface area (Å²) in [5.41, 5.74) is 6.31. The molecule has 0 aromatic carbocycles. The second kappa shape index (κ2) is 6.10. The molecule has 0 atom stereocenters. The van der Waals surface area contributed by atoms with Crippen LogP contribution in [-0.2, 0) is 6.42 Å². The van der Waals surface area contributed by atoms with Crippen molar-refractivity contribution in [2.45, 2.75) is 12.8 Å². The molecule has 2 aromatic rings. The lowest BCUT2D eigenvalue weighted by Crippen LogP contribution is -2.26. The Morgan fingerprint density at radius 2 is 2.37 bits per heavy atom. The summed E-state index contributed by atoms with van der Waals surface area (Å²) in [7, 11) is 0. The Labute approximate surface area is 112 Å². The van der Waals surface area contributed by atoms with Crippen LogP contribution in [0.4, 0.5) is 5.13 Å². The average Bonchev–Trinajstić information content (AvgIpc) is 2.81. The van der Waals surface area contributed by atoms with Crippen LogP contribution in [0, 0.1) is 0 Å². The molecule has 1 amide bonds. The molecule has 0 saturated carbocycles. The molecule has 0 radical (unpaired) electrons. The van der Waals surface area contributed by atoms with E-state index < -0.39 is 0 Å². The second-order valence-corrected chi connectivity index (χ2v) is 4.72. The van der Waals surface area contributed by atoms with E-state index in [0.29, 0.717) is 11.7 Å². The first-order chi connectivity index (χ1) is 9.15. The van der Waals surface area contributed by atoms with E-state index >= 15 is 0 Å². The number of hydrogen-bond acceptors (Lipinski definition) is 6. The maximum absolute atomic E-state index is 11.6. The molecular formula is C11H13N5O2S. The van der Waals surface area contributed by atoms with Crippen LogP contribution >= 0.6 is 11.3 Å². The van der Waals surface area contributed by atoms with Gasteiger partial charge in [-0.1, -0.05) is 0 Å². The number of aromatic amines is 1. The Kier molecular flexibility index (Phi) is 4.24. The maximum Gasteiger partial charge on any atom is 0.271 e. The van der Waals surface area contributed by atoms with Crippen LogP contribution in [-0.4, -0.2) is 27.4 Å². The van der Waals surface area contributed by atoms with Gasteiger partial charge in [0.05, 0.1) is 11.9 Å². The first-order valence-electron chi connectivity index (χ1n) is 5.68. The fraction of sp³-hybridized carbons (Fsp3) is 0.273. The number of nitrogens with zero attached hydrogens (tertiary/aromatic N) is 2. The fourth-order valence-corrected chi connectivity index (χ4v) is 2.06. The predicted molar refractivity (Wildman–Crippen MR) is 72.0 cm³/mol. The molecular weight excluding hydrogens is 266 g/mol. The molecule has 4 N–H and O–H groups in total. The molecule has 0 unspecified atom stereocenters. The third kappa shape index (κ3) is 3.88. The number of thiazole rings is 1. The molecule has 19 heavy (non-hydrogen) atoms. The molecule has 0 fully saturated rings. The van der Waals surface area contributed by atoms with Gasteiger partial charge >= 0.3 is 0 Å². The zero-order chi connectivity index (χ0) is 13.7. The van der Waals surface area contributed by atoms with Crippen molar-refractivity contribution in [2.24, 2.45) is 0 Å².